The van der Waals surface area contributed by atoms with Gasteiger partial charge in [0.1, 0.15) is 5.54 Å². The van der Waals surface area contributed by atoms with Gasteiger partial charge in [0.25, 0.3) is 5.91 Å². The number of urea groups is 1. The molecule has 0 radical (unpaired) electrons. The Morgan fingerprint density at radius 1 is 1.35 bits per heavy atom. The van der Waals surface area contributed by atoms with E-state index in [1.54, 1.807) is 25.4 Å². The lowest BCUT2D eigenvalue weighted by molar-refractivity contribution is -0.133. The van der Waals surface area contributed by atoms with Crippen molar-refractivity contribution in [3.8, 4) is 0 Å². The number of imide groups is 1. The number of hydrogen-bond donors (Lipinski definition) is 2. The van der Waals surface area contributed by atoms with Crippen LogP contribution in [0.15, 0.2) is 24.5 Å². The number of nitrogens with one attached hydrogen (secondary N) is 2. The van der Waals surface area contributed by atoms with E-state index in [9.17, 15) is 9.59 Å². The number of pyridine rings is 1. The molecule has 1 atom stereocenters. The normalized spacial score (nSPS) is 27.8. The molecule has 20 heavy (non-hydrogen) atoms. The lowest BCUT2D eigenvalue weighted by Crippen LogP contribution is -2.47. The van der Waals surface area contributed by atoms with Crippen LogP contribution in [-0.4, -0.2) is 41.0 Å². The lowest BCUT2D eigenvalue weighted by Gasteiger charge is -2.30. The van der Waals surface area contributed by atoms with Crippen molar-refractivity contribution in [3.05, 3.63) is 30.1 Å². The summed E-state index contributed by atoms with van der Waals surface area (Å²) in [5, 5.41) is 6.06. The second-order valence-electron chi connectivity index (χ2n) is 5.45. The van der Waals surface area contributed by atoms with E-state index in [1.165, 1.54) is 4.90 Å². The summed E-state index contributed by atoms with van der Waals surface area (Å²) in [7, 11) is 0. The van der Waals surface area contributed by atoms with Crippen molar-refractivity contribution in [2.75, 3.05) is 13.1 Å². The van der Waals surface area contributed by atoms with Crippen LogP contribution in [-0.2, 0) is 10.3 Å². The van der Waals surface area contributed by atoms with Crippen molar-refractivity contribution in [1.29, 1.82) is 0 Å². The number of hydrogen-bond acceptors (Lipinski definition) is 4. The average Bonchev–Trinajstić information content (AvgIpc) is 2.72. The van der Waals surface area contributed by atoms with E-state index in [1.807, 2.05) is 6.07 Å². The van der Waals surface area contributed by atoms with E-state index in [4.69, 9.17) is 0 Å². The smallest absolute Gasteiger partial charge is 0.319 e. The zero-order valence-electron chi connectivity index (χ0n) is 11.4. The molecular weight excluding hydrogens is 256 g/mol. The third kappa shape index (κ3) is 1.96. The minimum absolute atomic E-state index is 0.0118. The lowest BCUT2D eigenvalue weighted by atomic mass is 9.93. The zero-order chi connectivity index (χ0) is 14.2. The highest BCUT2D eigenvalue weighted by Crippen LogP contribution is 2.31. The van der Waals surface area contributed by atoms with Crippen LogP contribution in [0.2, 0.25) is 0 Å². The molecule has 2 aliphatic heterocycles. The van der Waals surface area contributed by atoms with Crippen molar-refractivity contribution in [1.82, 2.24) is 20.5 Å². The van der Waals surface area contributed by atoms with Crippen LogP contribution in [0.5, 0.6) is 0 Å². The highest BCUT2D eigenvalue weighted by atomic mass is 16.2. The Morgan fingerprint density at radius 3 is 2.75 bits per heavy atom. The molecule has 0 aromatic carbocycles. The fourth-order valence-electron chi connectivity index (χ4n) is 2.91. The summed E-state index contributed by atoms with van der Waals surface area (Å²) in [6.45, 7) is 3.42. The maximum atomic E-state index is 12.7. The van der Waals surface area contributed by atoms with Crippen molar-refractivity contribution in [2.24, 2.45) is 0 Å². The van der Waals surface area contributed by atoms with Crippen molar-refractivity contribution >= 4 is 11.9 Å². The summed E-state index contributed by atoms with van der Waals surface area (Å²) < 4.78 is 0. The summed E-state index contributed by atoms with van der Waals surface area (Å²) >= 11 is 0. The molecule has 3 amide bonds. The highest BCUT2D eigenvalue weighted by Gasteiger charge is 2.51. The number of aromatic nitrogens is 1. The van der Waals surface area contributed by atoms with E-state index in [0.717, 1.165) is 31.5 Å². The summed E-state index contributed by atoms with van der Waals surface area (Å²) in [6, 6.07) is 3.28. The molecule has 1 unspecified atom stereocenters. The number of carbonyl (C=O) groups is 2. The average molecular weight is 274 g/mol. The Labute approximate surface area is 117 Å². The number of carbonyl (C=O) groups excluding carboxylic acids is 2. The number of piperidine rings is 1. The molecule has 3 rings (SSSR count). The Bertz CT molecular complexity index is 527. The molecule has 2 aliphatic rings. The second-order valence-corrected chi connectivity index (χ2v) is 5.45. The standard InChI is InChI=1S/C14H18N4O2/c1-14(10-3-2-6-16-9-10)12(19)18(13(20)17-14)11-4-7-15-8-5-11/h2-3,6,9,11,15H,4-5,7-8H2,1H3,(H,17,20). The third-order valence-electron chi connectivity index (χ3n) is 4.13. The highest BCUT2D eigenvalue weighted by molar-refractivity contribution is 6.07. The molecule has 1 aromatic heterocycles. The van der Waals surface area contributed by atoms with E-state index >= 15 is 0 Å². The van der Waals surface area contributed by atoms with Crippen LogP contribution in [0.4, 0.5) is 4.79 Å². The second kappa shape index (κ2) is 4.86. The molecular formula is C14H18N4O2. The van der Waals surface area contributed by atoms with Crippen LogP contribution in [0.3, 0.4) is 0 Å². The Kier molecular flexibility index (Phi) is 3.17. The van der Waals surface area contributed by atoms with Crippen molar-refractivity contribution < 1.29 is 9.59 Å². The van der Waals surface area contributed by atoms with Gasteiger partial charge in [-0.3, -0.25) is 14.7 Å². The Morgan fingerprint density at radius 2 is 2.10 bits per heavy atom. The summed E-state index contributed by atoms with van der Waals surface area (Å²) in [5.41, 5.74) is -0.286. The van der Waals surface area contributed by atoms with Gasteiger partial charge >= 0.3 is 6.03 Å². The van der Waals surface area contributed by atoms with Gasteiger partial charge in [0.05, 0.1) is 0 Å². The zero-order valence-corrected chi connectivity index (χ0v) is 11.4. The van der Waals surface area contributed by atoms with Gasteiger partial charge in [-0.1, -0.05) is 6.07 Å². The number of rotatable bonds is 2. The van der Waals surface area contributed by atoms with E-state index in [2.05, 4.69) is 15.6 Å². The number of nitrogens with zero attached hydrogens (tertiary/aromatic N) is 2. The third-order valence-corrected chi connectivity index (χ3v) is 4.13. The van der Waals surface area contributed by atoms with Crippen LogP contribution in [0.1, 0.15) is 25.3 Å². The first kappa shape index (κ1) is 13.1. The largest absolute Gasteiger partial charge is 0.325 e. The van der Waals surface area contributed by atoms with Gasteiger partial charge in [-0.15, -0.1) is 0 Å². The quantitative estimate of drug-likeness (QED) is 0.775. The summed E-state index contributed by atoms with van der Waals surface area (Å²) in [6.07, 6.45) is 4.90. The minimum atomic E-state index is -1.00. The molecule has 2 N–H and O–H groups in total. The van der Waals surface area contributed by atoms with Gasteiger partial charge in [0.15, 0.2) is 0 Å². The van der Waals surface area contributed by atoms with Gasteiger partial charge in [-0.2, -0.15) is 0 Å². The van der Waals surface area contributed by atoms with Gasteiger partial charge in [-0.25, -0.2) is 4.79 Å². The monoisotopic (exact) mass is 274 g/mol. The molecule has 106 valence electrons. The Hall–Kier alpha value is -1.95. The summed E-state index contributed by atoms with van der Waals surface area (Å²) in [5.74, 6) is -0.178. The maximum absolute atomic E-state index is 12.7. The SMILES string of the molecule is CC1(c2cccnc2)NC(=O)N(C2CCNCC2)C1=O. The fraction of sp³-hybridized carbons (Fsp3) is 0.500. The first-order valence-corrected chi connectivity index (χ1v) is 6.90. The maximum Gasteiger partial charge on any atom is 0.325 e. The van der Waals surface area contributed by atoms with Crippen LogP contribution in [0.25, 0.3) is 0 Å². The molecule has 0 spiro atoms. The topological polar surface area (TPSA) is 74.3 Å². The van der Waals surface area contributed by atoms with Crippen LogP contribution < -0.4 is 10.6 Å². The van der Waals surface area contributed by atoms with Crippen LogP contribution in [0, 0.1) is 0 Å². The predicted molar refractivity (Wildman–Crippen MR) is 72.9 cm³/mol. The number of amides is 3. The molecule has 2 saturated heterocycles. The molecule has 2 fully saturated rings. The molecule has 6 heteroatoms. The van der Waals surface area contributed by atoms with Gasteiger partial charge in [0, 0.05) is 24.0 Å². The van der Waals surface area contributed by atoms with E-state index in [0.29, 0.717) is 0 Å². The summed E-state index contributed by atoms with van der Waals surface area (Å²) in [4.78, 5) is 30.4. The van der Waals surface area contributed by atoms with Crippen LogP contribution >= 0.6 is 0 Å². The van der Waals surface area contributed by atoms with E-state index < -0.39 is 5.54 Å². The minimum Gasteiger partial charge on any atom is -0.319 e. The fourth-order valence-corrected chi connectivity index (χ4v) is 2.91. The van der Waals surface area contributed by atoms with Crippen molar-refractivity contribution in [3.63, 3.8) is 0 Å². The first-order chi connectivity index (χ1) is 9.63. The van der Waals surface area contributed by atoms with Gasteiger partial charge < -0.3 is 10.6 Å². The van der Waals surface area contributed by atoms with Crippen molar-refractivity contribution in [2.45, 2.75) is 31.3 Å². The van der Waals surface area contributed by atoms with E-state index in [-0.39, 0.29) is 18.0 Å². The predicted octanol–water partition coefficient (Wildman–Crippen LogP) is 0.601. The molecule has 0 saturated carbocycles. The molecule has 0 bridgehead atoms. The van der Waals surface area contributed by atoms with Gasteiger partial charge in [-0.05, 0) is 38.9 Å². The molecule has 1 aromatic rings. The molecule has 0 aliphatic carbocycles. The Balaban J connectivity index is 1.90. The molecule has 3 heterocycles. The van der Waals surface area contributed by atoms with Gasteiger partial charge in [0.2, 0.25) is 0 Å². The first-order valence-electron chi connectivity index (χ1n) is 6.90. The molecule has 6 nitrogen and oxygen atoms in total.